The van der Waals surface area contributed by atoms with Gasteiger partial charge in [-0.05, 0) is 111 Å². The van der Waals surface area contributed by atoms with Gasteiger partial charge in [-0.15, -0.1) is 0 Å². The average Bonchev–Trinajstić information content (AvgIpc) is 1.54. The molecule has 45 nitrogen and oxygen atoms in total. The number of hydrogen-bond acceptors (Lipinski definition) is 24. The molecule has 3 fully saturated rings. The van der Waals surface area contributed by atoms with Crippen molar-refractivity contribution in [2.45, 2.75) is 240 Å². The fourth-order valence-electron chi connectivity index (χ4n) is 16.8. The standard InChI is InChI=1S/C91H123N21O24/c1-7-9-20-69-84(129)101-60(28-30-76(119)120)80(125)100-61(79(124)98-45-74(93)117)32-34-95-46-75(118)99-65(36-50-23-25-54(114)26-24-50)87(132)108(4)49(3)78(123)105-67(41-77(121)122)90(135)111-35-15-22-70(111)85(130)103-63(37-51-31-33-94-42-51)81(126)102-62(27-29-73(92)116)89(134)112-47-55(115)40-72(112)86(131)104-64(38-52-43-96-58-18-13-11-16-56(52)58)82(127)107-68(48-113)83(128)106-66(39-53-44-97-59-19-14-12-17-57(53)59)88(133)110(6)71(21-10-8-2)91(136)109(69)5/h11-14,16-19,23-26,33,42-44,49,55,60-72,95-97,113-115H,7-10,15,20-22,27-32,34-41,45-48H2,1-6H3,(H2,92,116)(H2,93,117)(H,98,124)(H,99,118)(H,100,125)(H,101,129)(H,102,126)(H,103,130)(H,104,131)(H,105,123)(H,106,128)(H,107,127)(H,119,120)(H,121,122)/t49-,55+,60-,61-,62-,63-,64-,65-,66-,67-,68-,69-,70-,71-,72-/m0/s1. The van der Waals surface area contributed by atoms with Crippen LogP contribution in [0.3, 0.4) is 0 Å². The highest BCUT2D eigenvalue weighted by Gasteiger charge is 2.47. The van der Waals surface area contributed by atoms with Crippen LogP contribution in [0.25, 0.3) is 21.8 Å². The highest BCUT2D eigenvalue weighted by molar-refractivity contribution is 6.03. The lowest BCUT2D eigenvalue weighted by atomic mass is 10.00. The Balaban J connectivity index is 1.09. The van der Waals surface area contributed by atoms with E-state index in [1.165, 1.54) is 64.7 Å². The SMILES string of the molecule is CCCC[C@H]1C(=O)N(C)[C@@H](CCCC)C(=O)N[C@@H](CCC(=O)O)C(=O)N[C@H](C(=O)NCC(N)=O)CCNCC(=O)N[C@@H](Cc2ccc(O)cc2)C(=O)N(C)[C@@H](C)C(=O)N[C@@H](CC(=O)O)C(=O)N2CCC[C@H]2C(=O)N[C@@H](CC2=CN=CC2)C(=O)N[C@@H](CCC(N)=O)C(=O)N2C[C@H](O)C[C@H]2C(=O)N[C@@H](Cc2c[nH]c3ccccc23)C(=O)N[C@@H](CO)C(=O)N[C@@H](Cc2c[nH]c3ccccc23)C(=O)N1C. The monoisotopic (exact) mass is 1890 g/mol. The third-order valence-electron chi connectivity index (χ3n) is 24.5. The first-order chi connectivity index (χ1) is 64.8. The number of H-pyrrole nitrogens is 2. The number of primary amides is 2. The number of carboxylic acids is 2. The maximum atomic E-state index is 15.7. The number of para-hydroxylation sites is 2. The van der Waals surface area contributed by atoms with Crippen molar-refractivity contribution in [2.24, 2.45) is 16.5 Å². The van der Waals surface area contributed by atoms with Gasteiger partial charge in [-0.25, -0.2) is 0 Å². The summed E-state index contributed by atoms with van der Waals surface area (Å²) in [4.78, 5) is 289. The summed E-state index contributed by atoms with van der Waals surface area (Å²) in [5.74, 6) is -20.5. The maximum absolute atomic E-state index is 15.7. The molecule has 17 amide bonds. The van der Waals surface area contributed by atoms with Crippen LogP contribution in [0.4, 0.5) is 0 Å². The number of fused-ring (bicyclic) bond motifs is 4. The number of amides is 17. The molecule has 22 N–H and O–H groups in total. The molecule has 3 aromatic carbocycles. The Morgan fingerprint density at radius 1 is 0.515 bits per heavy atom. The number of rotatable bonds is 26. The molecule has 4 aliphatic rings. The molecule has 0 radical (unpaired) electrons. The van der Waals surface area contributed by atoms with Crippen molar-refractivity contribution in [2.75, 3.05) is 60.5 Å². The lowest BCUT2D eigenvalue weighted by molar-refractivity contribution is -0.149. The number of phenolic OH excluding ortho intramolecular Hbond substituents is 1. The van der Waals surface area contributed by atoms with E-state index in [9.17, 15) is 78.3 Å². The van der Waals surface area contributed by atoms with Crippen molar-refractivity contribution < 1.29 is 117 Å². The van der Waals surface area contributed by atoms with Crippen molar-refractivity contribution in [3.63, 3.8) is 0 Å². The fraction of sp³-hybridized carbons (Fsp3) is 0.516. The first kappa shape index (κ1) is 105. The Kier molecular flexibility index (Phi) is 38.9. The second-order valence-electron chi connectivity index (χ2n) is 34.4. The third-order valence-corrected chi connectivity index (χ3v) is 24.5. The molecule has 2 aromatic heterocycles. The molecule has 4 aliphatic heterocycles. The molecular formula is C91H123N21O24. The number of aliphatic hydroxyl groups excluding tert-OH is 2. The number of aliphatic carboxylic acids is 2. The van der Waals surface area contributed by atoms with Crippen LogP contribution in [-0.4, -0.2) is 330 Å². The molecule has 3 saturated heterocycles. The number of carboxylic acid groups (broad SMARTS) is 2. The van der Waals surface area contributed by atoms with Gasteiger partial charge in [0.2, 0.25) is 100 Å². The second kappa shape index (κ2) is 50.2. The lowest BCUT2D eigenvalue weighted by Crippen LogP contribution is -2.61. The van der Waals surface area contributed by atoms with E-state index in [1.807, 2.05) is 6.92 Å². The topological polar surface area (TPSA) is 670 Å². The molecule has 136 heavy (non-hydrogen) atoms. The number of aromatic nitrogens is 2. The number of unbranched alkanes of at least 4 members (excludes halogenated alkanes) is 2. The molecule has 9 rings (SSSR count). The molecule has 45 heteroatoms. The van der Waals surface area contributed by atoms with Crippen molar-refractivity contribution in [3.8, 4) is 5.75 Å². The van der Waals surface area contributed by atoms with Gasteiger partial charge >= 0.3 is 11.9 Å². The molecule has 0 saturated carbocycles. The van der Waals surface area contributed by atoms with Gasteiger partial charge in [0, 0.05) is 126 Å². The lowest BCUT2D eigenvalue weighted by Gasteiger charge is -2.36. The van der Waals surface area contributed by atoms with E-state index in [0.29, 0.717) is 56.9 Å². The minimum Gasteiger partial charge on any atom is -0.508 e. The summed E-state index contributed by atoms with van der Waals surface area (Å²) in [6.45, 7) is 1.16. The number of likely N-dealkylation sites (N-methyl/N-ethyl adjacent to an activating group) is 3. The zero-order valence-corrected chi connectivity index (χ0v) is 76.6. The van der Waals surface area contributed by atoms with Crippen molar-refractivity contribution in [1.29, 1.82) is 0 Å². The maximum Gasteiger partial charge on any atom is 0.305 e. The number of nitrogens with one attached hydrogen (secondary N) is 13. The van der Waals surface area contributed by atoms with Gasteiger partial charge in [-0.2, -0.15) is 0 Å². The number of hydrogen-bond donors (Lipinski definition) is 20. The number of aliphatic imine (C=N–C) groups is 1. The summed E-state index contributed by atoms with van der Waals surface area (Å²) in [6, 6.07) is -3.98. The zero-order chi connectivity index (χ0) is 99.3. The Hall–Kier alpha value is -14.2. The highest BCUT2D eigenvalue weighted by atomic mass is 16.4. The molecule has 0 bridgehead atoms. The molecule has 5 aromatic rings. The quantitative estimate of drug-likeness (QED) is 0.0256. The predicted octanol–water partition coefficient (Wildman–Crippen LogP) is -3.48. The highest BCUT2D eigenvalue weighted by Crippen LogP contribution is 2.28. The zero-order valence-electron chi connectivity index (χ0n) is 76.6. The van der Waals surface area contributed by atoms with Gasteiger partial charge in [0.1, 0.15) is 90.3 Å². The number of carbonyl (C=O) groups excluding carboxylic acids is 17. The fourth-order valence-corrected chi connectivity index (χ4v) is 16.8. The van der Waals surface area contributed by atoms with Gasteiger partial charge in [-0.1, -0.05) is 88.1 Å². The number of benzene rings is 3. The average molecular weight is 1900 g/mol. The number of carbonyl (C=O) groups is 19. The molecule has 0 aliphatic carbocycles. The van der Waals surface area contributed by atoms with Crippen LogP contribution in [0.5, 0.6) is 5.75 Å². The van der Waals surface area contributed by atoms with Gasteiger partial charge in [0.15, 0.2) is 0 Å². The minimum absolute atomic E-state index is 0.0572. The number of aromatic amines is 2. The van der Waals surface area contributed by atoms with E-state index in [1.54, 1.807) is 67.8 Å². The van der Waals surface area contributed by atoms with Gasteiger partial charge in [0.25, 0.3) is 0 Å². The summed E-state index contributed by atoms with van der Waals surface area (Å²) in [5.41, 5.74) is 14.0. The first-order valence-electron chi connectivity index (χ1n) is 45.3. The number of aliphatic hydroxyl groups is 2. The third kappa shape index (κ3) is 29.1. The van der Waals surface area contributed by atoms with Crippen LogP contribution in [0, 0.1) is 0 Å². The van der Waals surface area contributed by atoms with Crippen LogP contribution in [-0.2, 0) is 110 Å². The largest absolute Gasteiger partial charge is 0.508 e. The van der Waals surface area contributed by atoms with Crippen molar-refractivity contribution in [1.82, 2.24) is 93.0 Å². The number of nitrogens with two attached hydrogens (primary N) is 2. The molecule has 0 unspecified atom stereocenters. The predicted molar refractivity (Wildman–Crippen MR) is 489 cm³/mol. The van der Waals surface area contributed by atoms with E-state index in [4.69, 9.17) is 11.5 Å². The Morgan fingerprint density at radius 3 is 1.64 bits per heavy atom. The normalized spacial score (nSPS) is 25.1. The summed E-state index contributed by atoms with van der Waals surface area (Å²) in [5, 5.41) is 82.5. The van der Waals surface area contributed by atoms with Crippen LogP contribution in [0.15, 0.2) is 102 Å². The van der Waals surface area contributed by atoms with Gasteiger partial charge in [-0.3, -0.25) is 96.1 Å². The van der Waals surface area contributed by atoms with Crippen molar-refractivity contribution in [3.05, 3.63) is 114 Å². The molecule has 15 atom stereocenters. The molecule has 0 spiro atoms. The van der Waals surface area contributed by atoms with Gasteiger partial charge < -0.3 is 130 Å². The summed E-state index contributed by atoms with van der Waals surface area (Å²) >= 11 is 0. The summed E-state index contributed by atoms with van der Waals surface area (Å²) < 4.78 is 0. The van der Waals surface area contributed by atoms with Crippen LogP contribution in [0.2, 0.25) is 0 Å². The summed E-state index contributed by atoms with van der Waals surface area (Å²) in [7, 11) is 3.75. The second-order valence-corrected chi connectivity index (χ2v) is 34.4. The number of aromatic hydroxyl groups is 1. The number of phenols is 1. The van der Waals surface area contributed by atoms with E-state index < -0.39 is 274 Å². The van der Waals surface area contributed by atoms with Crippen LogP contribution in [0.1, 0.15) is 147 Å². The van der Waals surface area contributed by atoms with Crippen LogP contribution >= 0.6 is 0 Å². The van der Waals surface area contributed by atoms with E-state index >= 15 is 38.4 Å². The minimum atomic E-state index is -1.95. The van der Waals surface area contributed by atoms with Crippen molar-refractivity contribution >= 4 is 140 Å². The Morgan fingerprint density at radius 2 is 1.04 bits per heavy atom. The smallest absolute Gasteiger partial charge is 0.305 e. The molecule has 6 heterocycles. The van der Waals surface area contributed by atoms with Crippen LogP contribution < -0.4 is 70.0 Å². The Bertz CT molecular complexity index is 5270. The summed E-state index contributed by atoms with van der Waals surface area (Å²) in [6.07, 6.45) is 0.354. The van der Waals surface area contributed by atoms with E-state index in [0.717, 1.165) is 24.5 Å². The van der Waals surface area contributed by atoms with Gasteiger partial charge in [0.05, 0.1) is 32.2 Å². The Labute approximate surface area is 782 Å². The first-order valence-corrected chi connectivity index (χ1v) is 45.3. The van der Waals surface area contributed by atoms with E-state index in [2.05, 4.69) is 73.4 Å². The molecule has 736 valence electrons. The van der Waals surface area contributed by atoms with E-state index in [-0.39, 0.29) is 89.5 Å². The number of nitrogens with zero attached hydrogens (tertiary/aromatic N) is 6. The molecular weight excluding hydrogens is 1770 g/mol.